The Bertz CT molecular complexity index is 892. The topological polar surface area (TPSA) is 74.2 Å². The van der Waals surface area contributed by atoms with Crippen LogP contribution in [0.1, 0.15) is 11.1 Å². The molecule has 2 aromatic carbocycles. The summed E-state index contributed by atoms with van der Waals surface area (Å²) in [6.07, 6.45) is 0. The molecule has 0 amide bonds. The number of guanidine groups is 1. The third-order valence-electron chi connectivity index (χ3n) is 4.30. The fourth-order valence-electron chi connectivity index (χ4n) is 2.64. The summed E-state index contributed by atoms with van der Waals surface area (Å²) in [4.78, 5) is 6.62. The van der Waals surface area contributed by atoms with E-state index in [1.807, 2.05) is 36.2 Å². The number of sulfonamides is 1. The average Bonchev–Trinajstić information content (AvgIpc) is 2.69. The van der Waals surface area contributed by atoms with Crippen molar-refractivity contribution < 1.29 is 13.2 Å². The van der Waals surface area contributed by atoms with Crippen LogP contribution in [0.15, 0.2) is 58.4 Å². The first-order chi connectivity index (χ1) is 13.3. The maximum absolute atomic E-state index is 12.1. The normalized spacial score (nSPS) is 12.1. The van der Waals surface area contributed by atoms with E-state index < -0.39 is 10.0 Å². The van der Waals surface area contributed by atoms with E-state index in [2.05, 4.69) is 10.3 Å². The fraction of sp³-hybridized carbons (Fsp3) is 0.350. The predicted octanol–water partition coefficient (Wildman–Crippen LogP) is 2.15. The molecule has 2 rings (SSSR count). The first-order valence-electron chi connectivity index (χ1n) is 8.84. The van der Waals surface area contributed by atoms with Crippen molar-refractivity contribution in [2.45, 2.75) is 18.0 Å². The van der Waals surface area contributed by atoms with Crippen molar-refractivity contribution in [3.8, 4) is 5.75 Å². The van der Waals surface area contributed by atoms with E-state index >= 15 is 0 Å². The van der Waals surface area contributed by atoms with Gasteiger partial charge in [-0.1, -0.05) is 24.3 Å². The van der Waals surface area contributed by atoms with Gasteiger partial charge >= 0.3 is 0 Å². The number of nitrogens with one attached hydrogen (secondary N) is 1. The molecule has 0 saturated heterocycles. The third-order valence-corrected chi connectivity index (χ3v) is 6.13. The Balaban J connectivity index is 1.97. The summed E-state index contributed by atoms with van der Waals surface area (Å²) in [7, 11) is 4.98. The summed E-state index contributed by atoms with van der Waals surface area (Å²) < 4.78 is 30.7. The summed E-state index contributed by atoms with van der Waals surface area (Å²) in [5.41, 5.74) is 2.11. The van der Waals surface area contributed by atoms with E-state index in [1.54, 1.807) is 38.4 Å². The van der Waals surface area contributed by atoms with Crippen LogP contribution < -0.4 is 10.1 Å². The van der Waals surface area contributed by atoms with Crippen LogP contribution in [0.3, 0.4) is 0 Å². The Morgan fingerprint density at radius 3 is 2.07 bits per heavy atom. The summed E-state index contributed by atoms with van der Waals surface area (Å²) in [6, 6.07) is 14.8. The molecule has 1 N–H and O–H groups in total. The molecule has 0 heterocycles. The van der Waals surface area contributed by atoms with Gasteiger partial charge in [-0.05, 0) is 35.4 Å². The minimum Gasteiger partial charge on any atom is -0.497 e. The van der Waals surface area contributed by atoms with Gasteiger partial charge in [-0.3, -0.25) is 4.99 Å². The van der Waals surface area contributed by atoms with Crippen LogP contribution in [-0.4, -0.2) is 58.9 Å². The molecule has 0 unspecified atom stereocenters. The summed E-state index contributed by atoms with van der Waals surface area (Å²) in [5, 5.41) is 3.30. The summed E-state index contributed by atoms with van der Waals surface area (Å²) >= 11 is 0. The van der Waals surface area contributed by atoms with Crippen molar-refractivity contribution in [1.29, 1.82) is 0 Å². The second-order valence-electron chi connectivity index (χ2n) is 6.54. The number of hydrogen-bond donors (Lipinski definition) is 1. The quantitative estimate of drug-likeness (QED) is 0.565. The van der Waals surface area contributed by atoms with Gasteiger partial charge < -0.3 is 15.0 Å². The van der Waals surface area contributed by atoms with Crippen molar-refractivity contribution in [2.75, 3.05) is 35.3 Å². The molecule has 7 nitrogen and oxygen atoms in total. The van der Waals surface area contributed by atoms with Gasteiger partial charge in [0.2, 0.25) is 10.0 Å². The molecule has 0 spiro atoms. The third kappa shape index (κ3) is 5.46. The average molecular weight is 405 g/mol. The number of nitrogens with zero attached hydrogens (tertiary/aromatic N) is 3. The van der Waals surface area contributed by atoms with Gasteiger partial charge in [-0.15, -0.1) is 0 Å². The minimum absolute atomic E-state index is 0.280. The molecule has 0 aliphatic rings. The molecule has 0 bridgehead atoms. The van der Waals surface area contributed by atoms with Gasteiger partial charge in [0.05, 0.1) is 12.0 Å². The van der Waals surface area contributed by atoms with Gasteiger partial charge in [-0.25, -0.2) is 12.7 Å². The second-order valence-corrected chi connectivity index (χ2v) is 8.69. The highest BCUT2D eigenvalue weighted by Crippen LogP contribution is 2.15. The lowest BCUT2D eigenvalue weighted by Gasteiger charge is -2.22. The zero-order valence-corrected chi connectivity index (χ0v) is 17.8. The molecule has 2 aromatic rings. The molecule has 0 aliphatic heterocycles. The Morgan fingerprint density at radius 2 is 1.57 bits per heavy atom. The lowest BCUT2D eigenvalue weighted by Crippen LogP contribution is -2.38. The van der Waals surface area contributed by atoms with Crippen LogP contribution in [0.4, 0.5) is 0 Å². The van der Waals surface area contributed by atoms with Crippen LogP contribution in [0.2, 0.25) is 0 Å². The van der Waals surface area contributed by atoms with Crippen molar-refractivity contribution in [1.82, 2.24) is 14.5 Å². The van der Waals surface area contributed by atoms with Crippen LogP contribution in [-0.2, 0) is 23.1 Å². The van der Waals surface area contributed by atoms with Crippen LogP contribution in [0.5, 0.6) is 5.75 Å². The van der Waals surface area contributed by atoms with E-state index in [4.69, 9.17) is 4.74 Å². The highest BCUT2D eigenvalue weighted by atomic mass is 32.2. The van der Waals surface area contributed by atoms with Crippen molar-refractivity contribution in [3.05, 3.63) is 59.7 Å². The molecule has 0 aliphatic carbocycles. The van der Waals surface area contributed by atoms with Gasteiger partial charge in [0, 0.05) is 41.3 Å². The molecule has 152 valence electrons. The first-order valence-corrected chi connectivity index (χ1v) is 10.3. The van der Waals surface area contributed by atoms with Crippen LogP contribution >= 0.6 is 0 Å². The minimum atomic E-state index is -3.41. The molecule has 0 fully saturated rings. The molecule has 0 radical (unpaired) electrons. The maximum Gasteiger partial charge on any atom is 0.242 e. The van der Waals surface area contributed by atoms with Crippen LogP contribution in [0, 0.1) is 0 Å². The molecular weight excluding hydrogens is 376 g/mol. The molecular formula is C20H28N4O3S. The van der Waals surface area contributed by atoms with Gasteiger partial charge in [0.15, 0.2) is 5.96 Å². The highest BCUT2D eigenvalue weighted by molar-refractivity contribution is 7.89. The summed E-state index contributed by atoms with van der Waals surface area (Å²) in [6.45, 7) is 1.24. The Hall–Kier alpha value is -2.58. The van der Waals surface area contributed by atoms with Gasteiger partial charge in [-0.2, -0.15) is 0 Å². The van der Waals surface area contributed by atoms with Gasteiger partial charge in [0.1, 0.15) is 5.75 Å². The number of ether oxygens (including phenoxy) is 1. The standard InChI is InChI=1S/C20H28N4O3S/c1-21-20(24(4)15-17-6-10-18(27-5)11-7-17)22-14-16-8-12-19(13-9-16)28(25,26)23(2)3/h6-13H,14-15H2,1-5H3,(H,21,22). The molecule has 0 atom stereocenters. The fourth-order valence-corrected chi connectivity index (χ4v) is 3.54. The van der Waals surface area contributed by atoms with Crippen molar-refractivity contribution >= 4 is 16.0 Å². The molecule has 8 heteroatoms. The smallest absolute Gasteiger partial charge is 0.242 e. The van der Waals surface area contributed by atoms with E-state index in [0.717, 1.165) is 22.8 Å². The SMILES string of the molecule is CN=C(NCc1ccc(S(=O)(=O)N(C)C)cc1)N(C)Cc1ccc(OC)cc1. The molecule has 28 heavy (non-hydrogen) atoms. The Labute approximate surface area is 167 Å². The maximum atomic E-state index is 12.1. The van der Waals surface area contributed by atoms with E-state index in [0.29, 0.717) is 13.1 Å². The summed E-state index contributed by atoms with van der Waals surface area (Å²) in [5.74, 6) is 1.58. The predicted molar refractivity (Wildman–Crippen MR) is 112 cm³/mol. The zero-order chi connectivity index (χ0) is 20.7. The second kappa shape index (κ2) is 9.57. The first kappa shape index (κ1) is 21.7. The van der Waals surface area contributed by atoms with Crippen molar-refractivity contribution in [2.24, 2.45) is 4.99 Å². The van der Waals surface area contributed by atoms with Crippen molar-refractivity contribution in [3.63, 3.8) is 0 Å². The number of benzene rings is 2. The lowest BCUT2D eigenvalue weighted by atomic mass is 10.2. The van der Waals surface area contributed by atoms with E-state index in [9.17, 15) is 8.42 Å². The lowest BCUT2D eigenvalue weighted by molar-refractivity contribution is 0.414. The van der Waals surface area contributed by atoms with Crippen LogP contribution in [0.25, 0.3) is 0 Å². The monoisotopic (exact) mass is 404 g/mol. The Kier molecular flexibility index (Phi) is 7.42. The Morgan fingerprint density at radius 1 is 1.00 bits per heavy atom. The highest BCUT2D eigenvalue weighted by Gasteiger charge is 2.16. The number of methoxy groups -OCH3 is 1. The molecule has 0 saturated carbocycles. The van der Waals surface area contributed by atoms with E-state index in [-0.39, 0.29) is 4.90 Å². The molecule has 0 aromatic heterocycles. The number of hydrogen-bond acceptors (Lipinski definition) is 4. The largest absolute Gasteiger partial charge is 0.497 e. The number of rotatable bonds is 7. The van der Waals surface area contributed by atoms with Gasteiger partial charge in [0.25, 0.3) is 0 Å². The van der Waals surface area contributed by atoms with E-state index in [1.165, 1.54) is 18.4 Å². The zero-order valence-electron chi connectivity index (χ0n) is 17.0. The number of aliphatic imine (C=N–C) groups is 1.